The number of pyridine rings is 1. The second-order valence-corrected chi connectivity index (χ2v) is 10.4. The summed E-state index contributed by atoms with van der Waals surface area (Å²) in [5.41, 5.74) is 3.83. The summed E-state index contributed by atoms with van der Waals surface area (Å²) in [5, 5.41) is 5.05. The Hall–Kier alpha value is -2.93. The van der Waals surface area contributed by atoms with Crippen molar-refractivity contribution in [3.05, 3.63) is 35.5 Å². The van der Waals surface area contributed by atoms with Crippen LogP contribution in [0.15, 0.2) is 24.4 Å². The number of aldehydes is 1. The lowest BCUT2D eigenvalue weighted by Crippen LogP contribution is -2.43. The van der Waals surface area contributed by atoms with Crippen molar-refractivity contribution >= 4 is 39.8 Å². The molecule has 0 radical (unpaired) electrons. The number of piperidine rings is 2. The zero-order chi connectivity index (χ0) is 24.5. The number of carbonyl (C=O) groups is 2. The molecule has 0 unspecified atom stereocenters. The monoisotopic (exact) mass is 475 g/mol. The molecule has 1 aromatic carbocycles. The van der Waals surface area contributed by atoms with Crippen molar-refractivity contribution in [3.63, 3.8) is 0 Å². The SMILES string of the molecule is CCNC(=O)[C@H]1CCCN(c2ncc(C=O)c3[nH]c4cc(C5CCN(C(C)C)CC5)ccc4c23)C1. The minimum Gasteiger partial charge on any atom is -0.356 e. The summed E-state index contributed by atoms with van der Waals surface area (Å²) in [5.74, 6) is 1.50. The van der Waals surface area contributed by atoms with Gasteiger partial charge in [-0.1, -0.05) is 12.1 Å². The van der Waals surface area contributed by atoms with Gasteiger partial charge in [0, 0.05) is 42.8 Å². The van der Waals surface area contributed by atoms with Crippen LogP contribution in [0.4, 0.5) is 5.82 Å². The van der Waals surface area contributed by atoms with Gasteiger partial charge in [-0.15, -0.1) is 0 Å². The summed E-state index contributed by atoms with van der Waals surface area (Å²) in [6.45, 7) is 10.9. The maximum atomic E-state index is 12.5. The topological polar surface area (TPSA) is 81.3 Å². The van der Waals surface area contributed by atoms with E-state index in [4.69, 9.17) is 4.98 Å². The van der Waals surface area contributed by atoms with E-state index in [-0.39, 0.29) is 11.8 Å². The Balaban J connectivity index is 1.50. The van der Waals surface area contributed by atoms with Crippen molar-refractivity contribution in [3.8, 4) is 0 Å². The predicted octanol–water partition coefficient (Wildman–Crippen LogP) is 4.47. The van der Waals surface area contributed by atoms with Crippen LogP contribution in [-0.2, 0) is 4.79 Å². The number of hydrogen-bond donors (Lipinski definition) is 2. The Morgan fingerprint density at radius 2 is 2.03 bits per heavy atom. The van der Waals surface area contributed by atoms with Crippen molar-refractivity contribution in [1.29, 1.82) is 0 Å². The van der Waals surface area contributed by atoms with E-state index in [0.717, 1.165) is 66.4 Å². The van der Waals surface area contributed by atoms with Gasteiger partial charge in [0.1, 0.15) is 5.82 Å². The van der Waals surface area contributed by atoms with Gasteiger partial charge in [0.2, 0.25) is 5.91 Å². The van der Waals surface area contributed by atoms with Crippen LogP contribution in [0.1, 0.15) is 68.3 Å². The molecule has 2 aliphatic heterocycles. The molecule has 35 heavy (non-hydrogen) atoms. The van der Waals surface area contributed by atoms with E-state index >= 15 is 0 Å². The maximum absolute atomic E-state index is 12.5. The van der Waals surface area contributed by atoms with Gasteiger partial charge in [0.15, 0.2) is 6.29 Å². The molecule has 2 saturated heterocycles. The standard InChI is InChI=1S/C28H37N5O2/c1-4-29-28(35)21-6-5-11-33(16-21)27-25-23-8-7-20(19-9-12-32(13-10-19)18(2)3)14-24(23)31-26(25)22(17-34)15-30-27/h7-8,14-15,17-19,21,31H,4-6,9-13,16H2,1-3H3,(H,29,35)/t21-/m0/s1. The van der Waals surface area contributed by atoms with Gasteiger partial charge in [-0.25, -0.2) is 4.98 Å². The molecule has 3 aromatic rings. The summed E-state index contributed by atoms with van der Waals surface area (Å²) in [4.78, 5) is 37.5. The molecule has 5 rings (SSSR count). The number of nitrogens with one attached hydrogen (secondary N) is 2. The fraction of sp³-hybridized carbons (Fsp3) is 0.536. The fourth-order valence-corrected chi connectivity index (χ4v) is 5.96. The largest absolute Gasteiger partial charge is 0.356 e. The van der Waals surface area contributed by atoms with E-state index < -0.39 is 0 Å². The van der Waals surface area contributed by atoms with Crippen LogP contribution in [0.2, 0.25) is 0 Å². The molecule has 186 valence electrons. The lowest BCUT2D eigenvalue weighted by molar-refractivity contribution is -0.125. The Labute approximate surface area is 207 Å². The number of benzene rings is 1. The summed E-state index contributed by atoms with van der Waals surface area (Å²) in [6, 6.07) is 7.33. The first kappa shape index (κ1) is 23.8. The number of aromatic amines is 1. The first-order chi connectivity index (χ1) is 17.0. The Kier molecular flexibility index (Phi) is 6.78. The van der Waals surface area contributed by atoms with Crippen LogP contribution in [-0.4, -0.2) is 65.8 Å². The number of anilines is 1. The molecule has 2 aromatic heterocycles. The first-order valence-corrected chi connectivity index (χ1v) is 13.2. The van der Waals surface area contributed by atoms with Crippen molar-refractivity contribution in [2.75, 3.05) is 37.6 Å². The average Bonchev–Trinajstić information content (AvgIpc) is 3.27. The Morgan fingerprint density at radius 3 is 2.74 bits per heavy atom. The van der Waals surface area contributed by atoms with Gasteiger partial charge >= 0.3 is 0 Å². The van der Waals surface area contributed by atoms with E-state index in [0.29, 0.717) is 30.6 Å². The molecule has 7 nitrogen and oxygen atoms in total. The molecule has 0 spiro atoms. The number of amides is 1. The quantitative estimate of drug-likeness (QED) is 0.514. The first-order valence-electron chi connectivity index (χ1n) is 13.2. The number of fused-ring (bicyclic) bond motifs is 3. The highest BCUT2D eigenvalue weighted by atomic mass is 16.1. The smallest absolute Gasteiger partial charge is 0.224 e. The molecule has 1 atom stereocenters. The van der Waals surface area contributed by atoms with Crippen LogP contribution >= 0.6 is 0 Å². The summed E-state index contributed by atoms with van der Waals surface area (Å²) < 4.78 is 0. The molecule has 2 aliphatic rings. The maximum Gasteiger partial charge on any atom is 0.224 e. The number of hydrogen-bond acceptors (Lipinski definition) is 5. The van der Waals surface area contributed by atoms with Gasteiger partial charge < -0.3 is 20.1 Å². The van der Waals surface area contributed by atoms with Crippen molar-refractivity contribution < 1.29 is 9.59 Å². The molecule has 2 fully saturated rings. The molecular weight excluding hydrogens is 438 g/mol. The van der Waals surface area contributed by atoms with Gasteiger partial charge in [-0.2, -0.15) is 0 Å². The Morgan fingerprint density at radius 1 is 1.23 bits per heavy atom. The van der Waals surface area contributed by atoms with Crippen LogP contribution in [0, 0.1) is 5.92 Å². The lowest BCUT2D eigenvalue weighted by Gasteiger charge is -2.34. The average molecular weight is 476 g/mol. The minimum atomic E-state index is -0.0418. The van der Waals surface area contributed by atoms with E-state index in [1.807, 2.05) is 6.92 Å². The molecule has 4 heterocycles. The molecule has 0 aliphatic carbocycles. The number of carbonyl (C=O) groups excluding carboxylic acids is 2. The van der Waals surface area contributed by atoms with Crippen molar-refractivity contribution in [2.45, 2.75) is 58.4 Å². The third-order valence-corrected chi connectivity index (χ3v) is 7.96. The van der Waals surface area contributed by atoms with Crippen LogP contribution in [0.25, 0.3) is 21.8 Å². The van der Waals surface area contributed by atoms with E-state index in [1.165, 1.54) is 18.4 Å². The second-order valence-electron chi connectivity index (χ2n) is 10.4. The summed E-state index contributed by atoms with van der Waals surface area (Å²) in [6.07, 6.45) is 6.73. The van der Waals surface area contributed by atoms with E-state index in [2.05, 4.69) is 52.1 Å². The summed E-state index contributed by atoms with van der Waals surface area (Å²) in [7, 11) is 0. The highest BCUT2D eigenvalue weighted by Crippen LogP contribution is 2.38. The second kappa shape index (κ2) is 9.97. The molecular formula is C28H37N5O2. The highest BCUT2D eigenvalue weighted by Gasteiger charge is 2.29. The van der Waals surface area contributed by atoms with Crippen molar-refractivity contribution in [2.24, 2.45) is 5.92 Å². The summed E-state index contributed by atoms with van der Waals surface area (Å²) >= 11 is 0. The van der Waals surface area contributed by atoms with Gasteiger partial charge in [-0.05, 0) is 77.1 Å². The van der Waals surface area contributed by atoms with Crippen LogP contribution in [0.5, 0.6) is 0 Å². The van der Waals surface area contributed by atoms with E-state index in [9.17, 15) is 9.59 Å². The van der Waals surface area contributed by atoms with Crippen molar-refractivity contribution in [1.82, 2.24) is 20.2 Å². The predicted molar refractivity (Wildman–Crippen MR) is 141 cm³/mol. The highest BCUT2D eigenvalue weighted by molar-refractivity contribution is 6.16. The molecule has 0 bridgehead atoms. The number of aromatic nitrogens is 2. The number of rotatable bonds is 6. The normalized spacial score (nSPS) is 20.1. The minimum absolute atomic E-state index is 0.0418. The Bertz CT molecular complexity index is 1230. The van der Waals surface area contributed by atoms with Crippen LogP contribution < -0.4 is 10.2 Å². The zero-order valence-electron chi connectivity index (χ0n) is 21.1. The third kappa shape index (κ3) is 4.54. The van der Waals surface area contributed by atoms with Gasteiger partial charge in [0.05, 0.1) is 22.4 Å². The fourth-order valence-electron chi connectivity index (χ4n) is 5.96. The molecule has 0 saturated carbocycles. The molecule has 1 amide bonds. The molecule has 7 heteroatoms. The van der Waals surface area contributed by atoms with Crippen LogP contribution in [0.3, 0.4) is 0 Å². The van der Waals surface area contributed by atoms with Gasteiger partial charge in [0.25, 0.3) is 0 Å². The number of likely N-dealkylation sites (tertiary alicyclic amines) is 1. The lowest BCUT2D eigenvalue weighted by atomic mass is 9.88. The molecule has 2 N–H and O–H groups in total. The zero-order valence-corrected chi connectivity index (χ0v) is 21.1. The number of nitrogens with zero attached hydrogens (tertiary/aromatic N) is 3. The third-order valence-electron chi connectivity index (χ3n) is 7.96. The van der Waals surface area contributed by atoms with Gasteiger partial charge in [-0.3, -0.25) is 9.59 Å². The van der Waals surface area contributed by atoms with E-state index in [1.54, 1.807) is 6.20 Å². The number of H-pyrrole nitrogens is 1.